The second-order valence-corrected chi connectivity index (χ2v) is 4.92. The van der Waals surface area contributed by atoms with E-state index in [1.807, 2.05) is 16.0 Å². The summed E-state index contributed by atoms with van der Waals surface area (Å²) in [5.41, 5.74) is 0.681. The summed E-state index contributed by atoms with van der Waals surface area (Å²) in [5, 5.41) is 4.52. The van der Waals surface area contributed by atoms with Crippen molar-refractivity contribution in [2.75, 3.05) is 6.61 Å². The second-order valence-electron chi connectivity index (χ2n) is 4.04. The van der Waals surface area contributed by atoms with Crippen molar-refractivity contribution >= 4 is 28.2 Å². The standard InChI is InChI=1S/C12H15N3O3S/c1-3-18-11(17)8(2)13-10(16)6-9-7-15-4-5-19-12(15)14-9/h4-5,7-8H,3,6H2,1-2H3,(H,13,16). The third-order valence-electron chi connectivity index (χ3n) is 2.50. The van der Waals surface area contributed by atoms with Crippen LogP contribution < -0.4 is 5.32 Å². The number of carbonyl (C=O) groups excluding carboxylic acids is 2. The molecule has 102 valence electrons. The van der Waals surface area contributed by atoms with E-state index < -0.39 is 12.0 Å². The molecule has 19 heavy (non-hydrogen) atoms. The van der Waals surface area contributed by atoms with Gasteiger partial charge in [0.1, 0.15) is 6.04 Å². The van der Waals surface area contributed by atoms with Crippen molar-refractivity contribution in [2.24, 2.45) is 0 Å². The average molecular weight is 281 g/mol. The molecule has 7 heteroatoms. The molecule has 0 saturated heterocycles. The van der Waals surface area contributed by atoms with Gasteiger partial charge in [-0.1, -0.05) is 0 Å². The summed E-state index contributed by atoms with van der Waals surface area (Å²) in [4.78, 5) is 28.3. The van der Waals surface area contributed by atoms with Crippen LogP contribution in [0.2, 0.25) is 0 Å². The lowest BCUT2D eigenvalue weighted by atomic mass is 10.3. The van der Waals surface area contributed by atoms with E-state index in [9.17, 15) is 9.59 Å². The molecule has 1 amide bonds. The van der Waals surface area contributed by atoms with Gasteiger partial charge in [-0.15, -0.1) is 11.3 Å². The van der Waals surface area contributed by atoms with Crippen LogP contribution in [-0.4, -0.2) is 33.9 Å². The monoisotopic (exact) mass is 281 g/mol. The number of hydrogen-bond donors (Lipinski definition) is 1. The summed E-state index contributed by atoms with van der Waals surface area (Å²) in [6.45, 7) is 3.63. The maximum Gasteiger partial charge on any atom is 0.328 e. The van der Waals surface area contributed by atoms with E-state index in [1.54, 1.807) is 20.0 Å². The zero-order valence-corrected chi connectivity index (χ0v) is 11.6. The Labute approximate surface area is 114 Å². The van der Waals surface area contributed by atoms with Crippen molar-refractivity contribution < 1.29 is 14.3 Å². The number of carbonyl (C=O) groups is 2. The highest BCUT2D eigenvalue weighted by Gasteiger charge is 2.17. The molecule has 2 heterocycles. The molecule has 0 radical (unpaired) electrons. The third-order valence-corrected chi connectivity index (χ3v) is 3.27. The first kappa shape index (κ1) is 13.5. The van der Waals surface area contributed by atoms with E-state index in [-0.39, 0.29) is 12.3 Å². The zero-order valence-electron chi connectivity index (χ0n) is 10.8. The van der Waals surface area contributed by atoms with Gasteiger partial charge >= 0.3 is 5.97 Å². The number of nitrogens with one attached hydrogen (secondary N) is 1. The van der Waals surface area contributed by atoms with Crippen molar-refractivity contribution in [1.82, 2.24) is 14.7 Å². The van der Waals surface area contributed by atoms with Gasteiger partial charge < -0.3 is 10.1 Å². The van der Waals surface area contributed by atoms with Gasteiger partial charge in [0.15, 0.2) is 4.96 Å². The number of ether oxygens (including phenoxy) is 1. The molecule has 2 aromatic rings. The number of imidazole rings is 1. The molecule has 6 nitrogen and oxygen atoms in total. The maximum atomic E-state index is 11.8. The number of amides is 1. The normalized spacial score (nSPS) is 12.3. The third kappa shape index (κ3) is 3.31. The predicted molar refractivity (Wildman–Crippen MR) is 71.0 cm³/mol. The number of fused-ring (bicyclic) bond motifs is 1. The number of hydrogen-bond acceptors (Lipinski definition) is 5. The fourth-order valence-electron chi connectivity index (χ4n) is 1.64. The highest BCUT2D eigenvalue weighted by molar-refractivity contribution is 7.15. The summed E-state index contributed by atoms with van der Waals surface area (Å²) >= 11 is 1.51. The van der Waals surface area contributed by atoms with Crippen LogP contribution >= 0.6 is 11.3 Å². The van der Waals surface area contributed by atoms with Crippen LogP contribution in [0.3, 0.4) is 0 Å². The van der Waals surface area contributed by atoms with Gasteiger partial charge in [-0.25, -0.2) is 9.78 Å². The Morgan fingerprint density at radius 1 is 1.58 bits per heavy atom. The van der Waals surface area contributed by atoms with Gasteiger partial charge in [0.25, 0.3) is 0 Å². The van der Waals surface area contributed by atoms with Crippen LogP contribution in [0.4, 0.5) is 0 Å². The highest BCUT2D eigenvalue weighted by atomic mass is 32.1. The minimum atomic E-state index is -0.642. The first-order chi connectivity index (χ1) is 9.10. The van der Waals surface area contributed by atoms with Crippen molar-refractivity contribution in [2.45, 2.75) is 26.3 Å². The van der Waals surface area contributed by atoms with E-state index in [1.165, 1.54) is 11.3 Å². The van der Waals surface area contributed by atoms with E-state index in [0.29, 0.717) is 12.3 Å². The quantitative estimate of drug-likeness (QED) is 0.830. The minimum absolute atomic E-state index is 0.151. The molecular weight excluding hydrogens is 266 g/mol. The van der Waals surface area contributed by atoms with Gasteiger partial charge in [0.2, 0.25) is 5.91 Å². The molecule has 1 N–H and O–H groups in total. The molecule has 0 aromatic carbocycles. The lowest BCUT2D eigenvalue weighted by molar-refractivity contribution is -0.146. The Bertz CT molecular complexity index is 561. The first-order valence-corrected chi connectivity index (χ1v) is 6.85. The Morgan fingerprint density at radius 2 is 2.37 bits per heavy atom. The van der Waals surface area contributed by atoms with Crippen LogP contribution in [0.1, 0.15) is 19.5 Å². The summed E-state index contributed by atoms with van der Waals surface area (Å²) in [6, 6.07) is -0.642. The van der Waals surface area contributed by atoms with Gasteiger partial charge in [0, 0.05) is 17.8 Å². The molecule has 0 fully saturated rings. The molecule has 1 atom stereocenters. The van der Waals surface area contributed by atoms with E-state index in [4.69, 9.17) is 4.74 Å². The van der Waals surface area contributed by atoms with Crippen molar-refractivity contribution in [3.8, 4) is 0 Å². The van der Waals surface area contributed by atoms with Crippen LogP contribution in [0.5, 0.6) is 0 Å². The number of rotatable bonds is 5. The van der Waals surface area contributed by atoms with Gasteiger partial charge in [-0.05, 0) is 13.8 Å². The largest absolute Gasteiger partial charge is 0.464 e. The molecule has 0 aliphatic rings. The summed E-state index contributed by atoms with van der Waals surface area (Å²) < 4.78 is 6.68. The fraction of sp³-hybridized carbons (Fsp3) is 0.417. The summed E-state index contributed by atoms with van der Waals surface area (Å²) in [7, 11) is 0. The number of thiazole rings is 1. The Hall–Kier alpha value is -1.89. The van der Waals surface area contributed by atoms with E-state index >= 15 is 0 Å². The van der Waals surface area contributed by atoms with Crippen molar-refractivity contribution in [3.63, 3.8) is 0 Å². The molecule has 0 aliphatic carbocycles. The molecule has 0 aliphatic heterocycles. The summed E-state index contributed by atoms with van der Waals surface area (Å²) in [6.07, 6.45) is 3.84. The highest BCUT2D eigenvalue weighted by Crippen LogP contribution is 2.11. The first-order valence-electron chi connectivity index (χ1n) is 5.97. The number of nitrogens with zero attached hydrogens (tertiary/aromatic N) is 2. The predicted octanol–water partition coefficient (Wildman–Crippen LogP) is 1.01. The SMILES string of the molecule is CCOC(=O)C(C)NC(=O)Cc1cn2ccsc2n1. The average Bonchev–Trinajstić information content (AvgIpc) is 2.89. The minimum Gasteiger partial charge on any atom is -0.464 e. The second kappa shape index (κ2) is 5.83. The van der Waals surface area contributed by atoms with E-state index in [2.05, 4.69) is 10.3 Å². The molecule has 0 saturated carbocycles. The van der Waals surface area contributed by atoms with Gasteiger partial charge in [-0.3, -0.25) is 9.20 Å². The van der Waals surface area contributed by atoms with Crippen molar-refractivity contribution in [3.05, 3.63) is 23.5 Å². The molecule has 0 spiro atoms. The van der Waals surface area contributed by atoms with Crippen molar-refractivity contribution in [1.29, 1.82) is 0 Å². The number of esters is 1. The Balaban J connectivity index is 1.90. The smallest absolute Gasteiger partial charge is 0.328 e. The van der Waals surface area contributed by atoms with Crippen LogP contribution in [0.15, 0.2) is 17.8 Å². The lowest BCUT2D eigenvalue weighted by Crippen LogP contribution is -2.40. The molecular formula is C12H15N3O3S. The van der Waals surface area contributed by atoms with Gasteiger partial charge in [0.05, 0.1) is 18.7 Å². The zero-order chi connectivity index (χ0) is 13.8. The summed E-state index contributed by atoms with van der Waals surface area (Å²) in [5.74, 6) is -0.673. The topological polar surface area (TPSA) is 72.7 Å². The fourth-order valence-corrected chi connectivity index (χ4v) is 2.36. The Kier molecular flexibility index (Phi) is 4.16. The Morgan fingerprint density at radius 3 is 3.05 bits per heavy atom. The molecule has 2 rings (SSSR count). The lowest BCUT2D eigenvalue weighted by Gasteiger charge is -2.11. The molecule has 1 unspecified atom stereocenters. The maximum absolute atomic E-state index is 11.8. The van der Waals surface area contributed by atoms with Crippen LogP contribution in [0.25, 0.3) is 4.96 Å². The van der Waals surface area contributed by atoms with Gasteiger partial charge in [-0.2, -0.15) is 0 Å². The van der Waals surface area contributed by atoms with E-state index in [0.717, 1.165) is 4.96 Å². The van der Waals surface area contributed by atoms with Crippen LogP contribution in [-0.2, 0) is 20.7 Å². The molecule has 2 aromatic heterocycles. The molecule has 0 bridgehead atoms. The number of aromatic nitrogens is 2. The van der Waals surface area contributed by atoms with Crippen LogP contribution in [0, 0.1) is 0 Å².